The molecule has 1 N–H and O–H groups in total. The van der Waals surface area contributed by atoms with E-state index in [4.69, 9.17) is 14.2 Å². The first-order chi connectivity index (χ1) is 18.0. The van der Waals surface area contributed by atoms with Crippen LogP contribution in [0.2, 0.25) is 0 Å². The SMILES string of the molecule is C/C=C(\I)CN1[C@@H](C(=O)OCc2ccccc2)Cc2c([nH]c3cccc(OC)c23)[C@@H]1C/C=C/C(=O)OC. The topological polar surface area (TPSA) is 80.9 Å². The lowest BCUT2D eigenvalue weighted by Crippen LogP contribution is -2.49. The van der Waals surface area contributed by atoms with E-state index in [-0.39, 0.29) is 18.6 Å². The monoisotopic (exact) mass is 614 g/mol. The molecule has 0 unspecified atom stereocenters. The Labute approximate surface area is 230 Å². The van der Waals surface area contributed by atoms with E-state index in [1.54, 1.807) is 13.2 Å². The number of rotatable bonds is 9. The predicted molar refractivity (Wildman–Crippen MR) is 152 cm³/mol. The normalized spacial score (nSPS) is 18.1. The van der Waals surface area contributed by atoms with Gasteiger partial charge in [-0.15, -0.1) is 0 Å². The number of benzene rings is 2. The molecule has 8 heteroatoms. The molecule has 0 radical (unpaired) electrons. The van der Waals surface area contributed by atoms with Gasteiger partial charge in [-0.3, -0.25) is 9.69 Å². The van der Waals surface area contributed by atoms with Gasteiger partial charge in [0.2, 0.25) is 0 Å². The van der Waals surface area contributed by atoms with Crippen molar-refractivity contribution in [3.63, 3.8) is 0 Å². The second kappa shape index (κ2) is 12.4. The summed E-state index contributed by atoms with van der Waals surface area (Å²) in [4.78, 5) is 31.2. The average molecular weight is 614 g/mol. The molecule has 4 rings (SSSR count). The Balaban J connectivity index is 1.77. The fraction of sp³-hybridized carbons (Fsp3) is 0.310. The molecular formula is C29H31IN2O5. The van der Waals surface area contributed by atoms with Gasteiger partial charge in [0.15, 0.2) is 0 Å². The maximum absolute atomic E-state index is 13.6. The third-order valence-electron chi connectivity index (χ3n) is 6.63. The van der Waals surface area contributed by atoms with Crippen molar-refractivity contribution in [1.82, 2.24) is 9.88 Å². The number of methoxy groups -OCH3 is 2. The Hall–Kier alpha value is -3.11. The first-order valence-corrected chi connectivity index (χ1v) is 13.2. The van der Waals surface area contributed by atoms with E-state index in [2.05, 4.69) is 32.5 Å². The number of nitrogens with zero attached hydrogens (tertiary/aromatic N) is 1. The third-order valence-corrected chi connectivity index (χ3v) is 7.59. The average Bonchev–Trinajstić information content (AvgIpc) is 3.31. The zero-order valence-corrected chi connectivity index (χ0v) is 23.4. The molecule has 0 spiro atoms. The maximum Gasteiger partial charge on any atom is 0.330 e. The molecule has 7 nitrogen and oxygen atoms in total. The van der Waals surface area contributed by atoms with Crippen LogP contribution in [-0.4, -0.2) is 48.6 Å². The minimum atomic E-state index is -0.513. The number of fused-ring (bicyclic) bond motifs is 3. The number of halogens is 1. The molecular weight excluding hydrogens is 583 g/mol. The maximum atomic E-state index is 13.6. The van der Waals surface area contributed by atoms with Gasteiger partial charge in [0.05, 0.1) is 20.3 Å². The van der Waals surface area contributed by atoms with Gasteiger partial charge in [-0.1, -0.05) is 48.6 Å². The molecule has 0 aliphatic carbocycles. The van der Waals surface area contributed by atoms with Crippen molar-refractivity contribution in [2.45, 2.75) is 38.5 Å². The van der Waals surface area contributed by atoms with E-state index in [1.807, 2.05) is 61.5 Å². The molecule has 2 heterocycles. The minimum absolute atomic E-state index is 0.194. The summed E-state index contributed by atoms with van der Waals surface area (Å²) >= 11 is 2.31. The highest BCUT2D eigenvalue weighted by Gasteiger charge is 2.41. The number of allylic oxidation sites excluding steroid dienone is 1. The van der Waals surface area contributed by atoms with Crippen LogP contribution < -0.4 is 4.74 Å². The number of aromatic amines is 1. The summed E-state index contributed by atoms with van der Waals surface area (Å²) < 4.78 is 17.4. The second-order valence-corrected chi connectivity index (χ2v) is 10.2. The lowest BCUT2D eigenvalue weighted by Gasteiger charge is -2.40. The molecule has 0 saturated heterocycles. The molecule has 0 bridgehead atoms. The molecule has 37 heavy (non-hydrogen) atoms. The van der Waals surface area contributed by atoms with Crippen molar-refractivity contribution in [1.29, 1.82) is 0 Å². The number of ether oxygens (including phenoxy) is 3. The summed E-state index contributed by atoms with van der Waals surface area (Å²) in [5, 5.41) is 0.975. The van der Waals surface area contributed by atoms with Gasteiger partial charge in [0.1, 0.15) is 18.4 Å². The smallest absolute Gasteiger partial charge is 0.330 e. The van der Waals surface area contributed by atoms with E-state index in [0.29, 0.717) is 19.4 Å². The molecule has 1 aromatic heterocycles. The largest absolute Gasteiger partial charge is 0.496 e. The first kappa shape index (κ1) is 26.9. The number of hydrogen-bond donors (Lipinski definition) is 1. The molecule has 0 fully saturated rings. The van der Waals surface area contributed by atoms with Crippen LogP contribution in [0.15, 0.2) is 70.3 Å². The quantitative estimate of drug-likeness (QED) is 0.191. The summed E-state index contributed by atoms with van der Waals surface area (Å²) in [5.41, 5.74) is 3.94. The van der Waals surface area contributed by atoms with Gasteiger partial charge >= 0.3 is 11.9 Å². The molecule has 1 aliphatic heterocycles. The van der Waals surface area contributed by atoms with Crippen LogP contribution in [0.4, 0.5) is 0 Å². The van der Waals surface area contributed by atoms with Crippen LogP contribution >= 0.6 is 22.6 Å². The number of hydrogen-bond acceptors (Lipinski definition) is 6. The summed E-state index contributed by atoms with van der Waals surface area (Å²) in [6, 6.07) is 14.9. The van der Waals surface area contributed by atoms with Crippen LogP contribution in [0.1, 0.15) is 36.2 Å². The zero-order chi connectivity index (χ0) is 26.4. The van der Waals surface area contributed by atoms with Gasteiger partial charge < -0.3 is 19.2 Å². The summed E-state index contributed by atoms with van der Waals surface area (Å²) in [6.45, 7) is 2.77. The van der Waals surface area contributed by atoms with E-state index in [9.17, 15) is 9.59 Å². The van der Waals surface area contributed by atoms with E-state index in [1.165, 1.54) is 13.2 Å². The summed E-state index contributed by atoms with van der Waals surface area (Å²) in [7, 11) is 3.01. The van der Waals surface area contributed by atoms with Crippen LogP contribution in [0.3, 0.4) is 0 Å². The lowest BCUT2D eigenvalue weighted by atomic mass is 9.89. The molecule has 2 aromatic carbocycles. The number of carbonyl (C=O) groups is 2. The molecule has 194 valence electrons. The van der Waals surface area contributed by atoms with Crippen molar-refractivity contribution in [2.75, 3.05) is 20.8 Å². The Morgan fingerprint density at radius 3 is 2.62 bits per heavy atom. The zero-order valence-electron chi connectivity index (χ0n) is 21.2. The van der Waals surface area contributed by atoms with E-state index >= 15 is 0 Å². The van der Waals surface area contributed by atoms with E-state index in [0.717, 1.165) is 37.1 Å². The molecule has 0 saturated carbocycles. The van der Waals surface area contributed by atoms with E-state index < -0.39 is 12.0 Å². The Bertz CT molecular complexity index is 1310. The number of esters is 2. The Morgan fingerprint density at radius 1 is 1.14 bits per heavy atom. The van der Waals surface area contributed by atoms with Gasteiger partial charge in [-0.2, -0.15) is 0 Å². The first-order valence-electron chi connectivity index (χ1n) is 12.2. The number of aromatic nitrogens is 1. The van der Waals surface area contributed by atoms with Crippen LogP contribution in [0.5, 0.6) is 5.75 Å². The van der Waals surface area contributed by atoms with Gasteiger partial charge in [-0.25, -0.2) is 4.79 Å². The summed E-state index contributed by atoms with van der Waals surface area (Å²) in [6.07, 6.45) is 6.26. The standard InChI is InChI=1S/C29H31IN2O5/c1-4-20(30)17-32-23(13-9-15-26(33)36-3)28-21(27-22(31-28)12-8-14-25(27)35-2)16-24(32)29(34)37-18-19-10-6-5-7-11-19/h4-12,14-15,23-24,31H,13,16-18H2,1-3H3/b15-9+,20-4-/t23-,24+/m0/s1. The van der Waals surface area contributed by atoms with Crippen LogP contribution in [0, 0.1) is 0 Å². The van der Waals surface area contributed by atoms with Crippen molar-refractivity contribution in [2.24, 2.45) is 0 Å². The summed E-state index contributed by atoms with van der Waals surface area (Å²) in [5.74, 6) is 0.0653. The van der Waals surface area contributed by atoms with Crippen molar-refractivity contribution in [3.05, 3.63) is 87.2 Å². The van der Waals surface area contributed by atoms with Gasteiger partial charge in [0.25, 0.3) is 0 Å². The van der Waals surface area contributed by atoms with Crippen molar-refractivity contribution < 1.29 is 23.8 Å². The van der Waals surface area contributed by atoms with Crippen LogP contribution in [-0.2, 0) is 32.1 Å². The fourth-order valence-electron chi connectivity index (χ4n) is 4.81. The number of nitrogens with one attached hydrogen (secondary N) is 1. The third kappa shape index (κ3) is 6.07. The second-order valence-electron chi connectivity index (χ2n) is 8.80. The molecule has 2 atom stereocenters. The number of H-pyrrole nitrogens is 1. The minimum Gasteiger partial charge on any atom is -0.496 e. The highest BCUT2D eigenvalue weighted by Crippen LogP contribution is 2.43. The van der Waals surface area contributed by atoms with Crippen LogP contribution in [0.25, 0.3) is 10.9 Å². The van der Waals surface area contributed by atoms with Crippen molar-refractivity contribution in [3.8, 4) is 5.75 Å². The lowest BCUT2D eigenvalue weighted by molar-refractivity contribution is -0.153. The number of carbonyl (C=O) groups excluding carboxylic acids is 2. The Morgan fingerprint density at radius 2 is 1.92 bits per heavy atom. The van der Waals surface area contributed by atoms with Crippen molar-refractivity contribution >= 4 is 45.4 Å². The molecule has 3 aromatic rings. The Kier molecular flexibility index (Phi) is 9.04. The van der Waals surface area contributed by atoms with Gasteiger partial charge in [0, 0.05) is 39.2 Å². The highest BCUT2D eigenvalue weighted by molar-refractivity contribution is 14.1. The fourth-order valence-corrected chi connectivity index (χ4v) is 5.20. The molecule has 0 amide bonds. The predicted octanol–water partition coefficient (Wildman–Crippen LogP) is 5.65. The molecule has 1 aliphatic rings. The highest BCUT2D eigenvalue weighted by atomic mass is 127. The van der Waals surface area contributed by atoms with Gasteiger partial charge in [-0.05, 0) is 59.2 Å².